The van der Waals surface area contributed by atoms with Gasteiger partial charge in [-0.05, 0) is 140 Å². The molecule has 0 aliphatic heterocycles. The second kappa shape index (κ2) is 24.3. The van der Waals surface area contributed by atoms with Gasteiger partial charge in [-0.2, -0.15) is 0 Å². The average molecular weight is 1200 g/mol. The zero-order valence-corrected chi connectivity index (χ0v) is 54.0. The Morgan fingerprint density at radius 2 is 0.703 bits per heavy atom. The number of carbonyl (C=O) groups is 2. The van der Waals surface area contributed by atoms with Crippen LogP contribution in [0.15, 0.2) is 218 Å². The molecular formula is C81H76N6O4. The minimum atomic E-state index is -0.483. The minimum absolute atomic E-state index is 0.101. The van der Waals surface area contributed by atoms with Crippen molar-refractivity contribution in [3.8, 4) is 73.8 Å². The molecule has 3 heterocycles. The van der Waals surface area contributed by atoms with Gasteiger partial charge in [-0.1, -0.05) is 217 Å². The monoisotopic (exact) mass is 1200 g/mol. The predicted molar refractivity (Wildman–Crippen MR) is 368 cm³/mol. The lowest BCUT2D eigenvalue weighted by Crippen LogP contribution is -2.17. The number of carbonyl (C=O) groups excluding carboxylic acids is 2. The van der Waals surface area contributed by atoms with Gasteiger partial charge in [0.15, 0.2) is 23.3 Å². The van der Waals surface area contributed by atoms with E-state index in [0.717, 1.165) is 83.6 Å². The van der Waals surface area contributed by atoms with Crippen LogP contribution in [0, 0.1) is 0 Å². The number of ether oxygens (including phenoxy) is 2. The fourth-order valence-corrected chi connectivity index (χ4v) is 11.3. The molecule has 0 saturated heterocycles. The molecule has 0 saturated carbocycles. The van der Waals surface area contributed by atoms with Crippen LogP contribution in [0.3, 0.4) is 0 Å². The van der Waals surface area contributed by atoms with E-state index >= 15 is 0 Å². The Morgan fingerprint density at radius 1 is 0.341 bits per heavy atom. The van der Waals surface area contributed by atoms with Crippen LogP contribution in [0.2, 0.25) is 0 Å². The lowest BCUT2D eigenvalue weighted by molar-refractivity contribution is 0.0464. The van der Waals surface area contributed by atoms with E-state index in [0.29, 0.717) is 56.4 Å². The second-order valence-corrected chi connectivity index (χ2v) is 27.8. The predicted octanol–water partition coefficient (Wildman–Crippen LogP) is 19.7. The molecule has 12 aromatic rings. The smallest absolute Gasteiger partial charge is 0.338 e. The van der Waals surface area contributed by atoms with Crippen LogP contribution in [0.4, 0.5) is 0 Å². The molecule has 9 aromatic carbocycles. The highest BCUT2D eigenvalue weighted by molar-refractivity contribution is 6.13. The first-order valence-electron chi connectivity index (χ1n) is 31.2. The van der Waals surface area contributed by atoms with E-state index in [-0.39, 0.29) is 34.9 Å². The first kappa shape index (κ1) is 61.1. The molecule has 0 spiro atoms. The topological polar surface area (TPSA) is 122 Å². The van der Waals surface area contributed by atoms with Crippen molar-refractivity contribution in [2.75, 3.05) is 0 Å². The van der Waals surface area contributed by atoms with Crippen molar-refractivity contribution in [2.45, 2.75) is 118 Å². The Kier molecular flexibility index (Phi) is 16.3. The zero-order valence-electron chi connectivity index (χ0n) is 54.0. The van der Waals surface area contributed by atoms with Gasteiger partial charge in [-0.3, -0.25) is 0 Å². The third-order valence-electron chi connectivity index (χ3n) is 16.7. The van der Waals surface area contributed by atoms with E-state index in [4.69, 9.17) is 34.4 Å². The molecule has 0 fully saturated rings. The SMILES string of the molecule is CC(C)(C)c1cc(-c2nc(-c3cc(C(C)(C)C)cc(C(C)(C)C)c3)nc(-c3cc(-c4nc(-c5ccccc5)cc(-c5ccccc5)n4)ccc3-n3c4ccc(C(=O)OCc5ccccc5)cc4c4cc(C(=O)OCc5ccccc5)ccc43)n2)cc(C(C)(C)C)c1. The average Bonchev–Trinajstić information content (AvgIpc) is 1.65. The van der Waals surface area contributed by atoms with E-state index in [2.05, 4.69) is 160 Å². The lowest BCUT2D eigenvalue weighted by Gasteiger charge is -2.26. The molecule has 0 aliphatic rings. The summed E-state index contributed by atoms with van der Waals surface area (Å²) in [6.07, 6.45) is 0. The number of rotatable bonds is 13. The summed E-state index contributed by atoms with van der Waals surface area (Å²) in [5.74, 6) is 0.974. The lowest BCUT2D eigenvalue weighted by atomic mass is 9.79. The zero-order chi connectivity index (χ0) is 64.0. The molecule has 0 atom stereocenters. The quantitative estimate of drug-likeness (QED) is 0.104. The second-order valence-electron chi connectivity index (χ2n) is 27.8. The molecule has 10 nitrogen and oxygen atoms in total. The fraction of sp³-hybridized carbons (Fsp3) is 0.222. The van der Waals surface area contributed by atoms with E-state index in [1.807, 2.05) is 133 Å². The Labute approximate surface area is 534 Å². The van der Waals surface area contributed by atoms with Crippen molar-refractivity contribution in [1.82, 2.24) is 29.5 Å². The van der Waals surface area contributed by atoms with Crippen molar-refractivity contribution in [3.05, 3.63) is 263 Å². The molecular weight excluding hydrogens is 1120 g/mol. The summed E-state index contributed by atoms with van der Waals surface area (Å²) < 4.78 is 14.1. The normalized spacial score (nSPS) is 12.1. The number of benzene rings is 9. The van der Waals surface area contributed by atoms with E-state index in [1.165, 1.54) is 0 Å². The third-order valence-corrected chi connectivity index (χ3v) is 16.7. The molecule has 454 valence electrons. The van der Waals surface area contributed by atoms with Crippen molar-refractivity contribution < 1.29 is 19.1 Å². The molecule has 91 heavy (non-hydrogen) atoms. The molecule has 0 unspecified atom stereocenters. The summed E-state index contributed by atoms with van der Waals surface area (Å²) in [6, 6.07) is 72.6. The molecule has 0 N–H and O–H groups in total. The molecule has 10 heteroatoms. The Morgan fingerprint density at radius 3 is 1.09 bits per heavy atom. The van der Waals surface area contributed by atoms with Crippen molar-refractivity contribution in [3.63, 3.8) is 0 Å². The minimum Gasteiger partial charge on any atom is -0.457 e. The maximum absolute atomic E-state index is 14.2. The summed E-state index contributed by atoms with van der Waals surface area (Å²) in [4.78, 5) is 55.9. The summed E-state index contributed by atoms with van der Waals surface area (Å²) in [5.41, 5.74) is 15.0. The van der Waals surface area contributed by atoms with Gasteiger partial charge in [0.25, 0.3) is 0 Å². The largest absolute Gasteiger partial charge is 0.457 e. The Hall–Kier alpha value is -10.2. The van der Waals surface area contributed by atoms with Gasteiger partial charge >= 0.3 is 11.9 Å². The van der Waals surface area contributed by atoms with Gasteiger partial charge in [-0.25, -0.2) is 34.5 Å². The highest BCUT2D eigenvalue weighted by atomic mass is 16.5. The third kappa shape index (κ3) is 13.3. The number of hydrogen-bond acceptors (Lipinski definition) is 9. The van der Waals surface area contributed by atoms with Crippen molar-refractivity contribution in [2.24, 2.45) is 0 Å². The summed E-state index contributed by atoms with van der Waals surface area (Å²) >= 11 is 0. The maximum Gasteiger partial charge on any atom is 0.338 e. The number of esters is 2. The fourth-order valence-electron chi connectivity index (χ4n) is 11.3. The summed E-state index contributed by atoms with van der Waals surface area (Å²) in [6.45, 7) is 27.1. The first-order valence-corrected chi connectivity index (χ1v) is 31.2. The van der Waals surface area contributed by atoms with E-state index in [1.54, 1.807) is 12.1 Å². The molecule has 12 rings (SSSR count). The Balaban J connectivity index is 1.16. The van der Waals surface area contributed by atoms with Gasteiger partial charge < -0.3 is 14.0 Å². The van der Waals surface area contributed by atoms with Gasteiger partial charge in [0.05, 0.1) is 39.2 Å². The number of hydrogen-bond donors (Lipinski definition) is 0. The molecule has 0 radical (unpaired) electrons. The van der Waals surface area contributed by atoms with E-state index < -0.39 is 11.9 Å². The van der Waals surface area contributed by atoms with Crippen LogP contribution >= 0.6 is 0 Å². The van der Waals surface area contributed by atoms with Crippen LogP contribution in [0.5, 0.6) is 0 Å². The van der Waals surface area contributed by atoms with Crippen LogP contribution in [0.25, 0.3) is 95.6 Å². The highest BCUT2D eigenvalue weighted by Crippen LogP contribution is 2.42. The molecule has 0 amide bonds. The standard InChI is InChI=1S/C81H76N6O4/c1-78(2,3)60-39-58(40-61(46-60)79(4,5)6)73-84-74(59-41-62(80(7,8)9)47-63(42-59)81(10,11)12)86-75(85-73)66-43-55(72-82-67(53-29-21-15-22-30-53)48-68(83-72)54-31-23-16-24-32-54)33-36-71(66)87-69-37-34-56(76(88)90-49-51-25-17-13-18-26-51)44-64(69)65-45-57(35-38-70(65)87)77(89)91-50-52-27-19-14-20-28-52/h13-48H,49-50H2,1-12H3. The summed E-state index contributed by atoms with van der Waals surface area (Å²) in [5, 5.41) is 1.42. The van der Waals surface area contributed by atoms with Crippen molar-refractivity contribution >= 4 is 33.7 Å². The maximum atomic E-state index is 14.2. The number of aromatic nitrogens is 6. The number of fused-ring (bicyclic) bond motifs is 3. The number of nitrogens with zero attached hydrogens (tertiary/aromatic N) is 6. The van der Waals surface area contributed by atoms with Gasteiger partial charge in [0.1, 0.15) is 13.2 Å². The molecule has 0 bridgehead atoms. The molecule has 0 aliphatic carbocycles. The van der Waals surface area contributed by atoms with Crippen LogP contribution in [-0.4, -0.2) is 41.4 Å². The van der Waals surface area contributed by atoms with Crippen molar-refractivity contribution in [1.29, 1.82) is 0 Å². The Bertz CT molecular complexity index is 4370. The first-order chi connectivity index (χ1) is 43.4. The highest BCUT2D eigenvalue weighted by Gasteiger charge is 2.28. The van der Waals surface area contributed by atoms with E-state index in [9.17, 15) is 9.59 Å². The van der Waals surface area contributed by atoms with Gasteiger partial charge in [0.2, 0.25) is 0 Å². The molecule has 3 aromatic heterocycles. The van der Waals surface area contributed by atoms with Gasteiger partial charge in [-0.15, -0.1) is 0 Å². The van der Waals surface area contributed by atoms with Gasteiger partial charge in [0, 0.05) is 44.2 Å². The summed E-state index contributed by atoms with van der Waals surface area (Å²) in [7, 11) is 0. The van der Waals surface area contributed by atoms with Crippen LogP contribution < -0.4 is 0 Å². The van der Waals surface area contributed by atoms with Crippen LogP contribution in [0.1, 0.15) is 137 Å². The van der Waals surface area contributed by atoms with Crippen LogP contribution in [-0.2, 0) is 44.3 Å².